The summed E-state index contributed by atoms with van der Waals surface area (Å²) >= 11 is 0. The highest BCUT2D eigenvalue weighted by molar-refractivity contribution is 6.04. The average Bonchev–Trinajstić information content (AvgIpc) is 2.62. The number of carbonyl (C=O) groups is 1. The molecule has 0 spiro atoms. The fourth-order valence-corrected chi connectivity index (χ4v) is 3.20. The molecule has 3 rings (SSSR count). The molecule has 1 amide bonds. The van der Waals surface area contributed by atoms with E-state index in [1.165, 1.54) is 18.1 Å². The molecule has 1 fully saturated rings. The van der Waals surface area contributed by atoms with Gasteiger partial charge in [-0.2, -0.15) is 0 Å². The van der Waals surface area contributed by atoms with Crippen molar-refractivity contribution in [2.24, 2.45) is 0 Å². The Balaban J connectivity index is 1.69. The molecule has 4 heteroatoms. The van der Waals surface area contributed by atoms with E-state index in [0.717, 1.165) is 25.9 Å². The molecule has 0 saturated carbocycles. The second-order valence-electron chi connectivity index (χ2n) is 6.94. The van der Waals surface area contributed by atoms with Crippen molar-refractivity contribution in [2.75, 3.05) is 23.3 Å². The maximum atomic E-state index is 14.4. The maximum absolute atomic E-state index is 14.4. The van der Waals surface area contributed by atoms with E-state index < -0.39 is 0 Å². The van der Waals surface area contributed by atoms with Crippen LogP contribution >= 0.6 is 0 Å². The fraction of sp³-hybridized carbons (Fsp3) is 0.381. The molecule has 1 saturated heterocycles. The van der Waals surface area contributed by atoms with E-state index in [1.54, 1.807) is 12.1 Å². The molecule has 132 valence electrons. The van der Waals surface area contributed by atoms with Crippen LogP contribution in [0.3, 0.4) is 0 Å². The normalized spacial score (nSPS) is 14.6. The van der Waals surface area contributed by atoms with Gasteiger partial charge in [0.2, 0.25) is 0 Å². The lowest BCUT2D eigenvalue weighted by atomic mass is 10.0. The van der Waals surface area contributed by atoms with Gasteiger partial charge in [0.25, 0.3) is 5.91 Å². The molecular weight excluding hydrogens is 315 g/mol. The molecule has 1 aliphatic rings. The second-order valence-corrected chi connectivity index (χ2v) is 6.94. The van der Waals surface area contributed by atoms with Crippen LogP contribution in [0.5, 0.6) is 0 Å². The third kappa shape index (κ3) is 4.19. The van der Waals surface area contributed by atoms with Crippen LogP contribution in [0, 0.1) is 5.82 Å². The lowest BCUT2D eigenvalue weighted by Gasteiger charge is -2.29. The Labute approximate surface area is 148 Å². The molecule has 0 aliphatic carbocycles. The van der Waals surface area contributed by atoms with E-state index in [2.05, 4.69) is 24.1 Å². The quantitative estimate of drug-likeness (QED) is 0.830. The summed E-state index contributed by atoms with van der Waals surface area (Å²) < 4.78 is 14.4. The van der Waals surface area contributed by atoms with Gasteiger partial charge < -0.3 is 10.2 Å². The lowest BCUT2D eigenvalue weighted by Crippen LogP contribution is -2.30. The van der Waals surface area contributed by atoms with Crippen LogP contribution in [0.15, 0.2) is 42.5 Å². The number of halogens is 1. The summed E-state index contributed by atoms with van der Waals surface area (Å²) in [6, 6.07) is 12.5. The van der Waals surface area contributed by atoms with Gasteiger partial charge in [-0.3, -0.25) is 4.79 Å². The number of hydrogen-bond donors (Lipinski definition) is 1. The zero-order valence-corrected chi connectivity index (χ0v) is 14.9. The monoisotopic (exact) mass is 340 g/mol. The van der Waals surface area contributed by atoms with Crippen LogP contribution in [0.1, 0.15) is 54.9 Å². The number of rotatable bonds is 4. The first-order valence-electron chi connectivity index (χ1n) is 9.00. The Hall–Kier alpha value is -2.36. The number of nitrogens with zero attached hydrogens (tertiary/aromatic N) is 1. The van der Waals surface area contributed by atoms with Gasteiger partial charge in [0.15, 0.2) is 0 Å². The molecule has 2 aromatic rings. The van der Waals surface area contributed by atoms with Crippen molar-refractivity contribution in [2.45, 2.75) is 39.0 Å². The van der Waals surface area contributed by atoms with Crippen molar-refractivity contribution in [1.82, 2.24) is 0 Å². The fourth-order valence-electron chi connectivity index (χ4n) is 3.20. The van der Waals surface area contributed by atoms with E-state index in [4.69, 9.17) is 0 Å². The van der Waals surface area contributed by atoms with Gasteiger partial charge in [0, 0.05) is 24.3 Å². The summed E-state index contributed by atoms with van der Waals surface area (Å²) in [5.41, 5.74) is 2.87. The third-order valence-corrected chi connectivity index (χ3v) is 4.74. The third-order valence-electron chi connectivity index (χ3n) is 4.74. The molecular formula is C21H25FN2O. The van der Waals surface area contributed by atoms with Gasteiger partial charge >= 0.3 is 0 Å². The zero-order valence-electron chi connectivity index (χ0n) is 14.9. The molecule has 0 aromatic heterocycles. The Bertz CT molecular complexity index is 734. The van der Waals surface area contributed by atoms with Crippen LogP contribution in [-0.4, -0.2) is 19.0 Å². The summed E-state index contributed by atoms with van der Waals surface area (Å²) in [7, 11) is 0. The van der Waals surface area contributed by atoms with E-state index in [0.29, 0.717) is 22.9 Å². The van der Waals surface area contributed by atoms with E-state index in [1.807, 2.05) is 24.3 Å². The smallest absolute Gasteiger partial charge is 0.255 e. The first kappa shape index (κ1) is 17.5. The van der Waals surface area contributed by atoms with Crippen molar-refractivity contribution >= 4 is 17.3 Å². The standard InChI is InChI=1S/C21H25FN2O/c1-15(2)16-6-8-17(9-7-16)21(25)23-18-10-11-20(19(22)14-18)24-12-4-3-5-13-24/h6-11,14-15H,3-5,12-13H2,1-2H3,(H,23,25). The summed E-state index contributed by atoms with van der Waals surface area (Å²) in [4.78, 5) is 14.4. The second kappa shape index (κ2) is 7.68. The molecule has 0 radical (unpaired) electrons. The molecule has 25 heavy (non-hydrogen) atoms. The van der Waals surface area contributed by atoms with Crippen molar-refractivity contribution < 1.29 is 9.18 Å². The number of nitrogens with one attached hydrogen (secondary N) is 1. The molecule has 2 aromatic carbocycles. The Morgan fingerprint density at radius 3 is 2.32 bits per heavy atom. The number of piperidine rings is 1. The Morgan fingerprint density at radius 1 is 1.04 bits per heavy atom. The molecule has 0 bridgehead atoms. The number of anilines is 2. The van der Waals surface area contributed by atoms with Gasteiger partial charge in [-0.15, -0.1) is 0 Å². The van der Waals surface area contributed by atoms with Gasteiger partial charge in [0.05, 0.1) is 5.69 Å². The summed E-state index contributed by atoms with van der Waals surface area (Å²) in [6.45, 7) is 6.01. The average molecular weight is 340 g/mol. The lowest BCUT2D eigenvalue weighted by molar-refractivity contribution is 0.102. The van der Waals surface area contributed by atoms with Crippen molar-refractivity contribution in [3.63, 3.8) is 0 Å². The van der Waals surface area contributed by atoms with Crippen LogP contribution in [0.4, 0.5) is 15.8 Å². The largest absolute Gasteiger partial charge is 0.369 e. The highest BCUT2D eigenvalue weighted by Crippen LogP contribution is 2.26. The first-order chi connectivity index (χ1) is 12.0. The molecule has 0 unspecified atom stereocenters. The Morgan fingerprint density at radius 2 is 1.72 bits per heavy atom. The SMILES string of the molecule is CC(C)c1ccc(C(=O)Nc2ccc(N3CCCCC3)c(F)c2)cc1. The molecule has 1 heterocycles. The van der Waals surface area contributed by atoms with Crippen LogP contribution in [0.2, 0.25) is 0 Å². The Kier molecular flexibility index (Phi) is 5.37. The van der Waals surface area contributed by atoms with Gasteiger partial charge in [-0.25, -0.2) is 4.39 Å². The summed E-state index contributed by atoms with van der Waals surface area (Å²) in [6.07, 6.45) is 3.41. The first-order valence-corrected chi connectivity index (χ1v) is 9.00. The number of benzene rings is 2. The zero-order chi connectivity index (χ0) is 17.8. The van der Waals surface area contributed by atoms with Crippen LogP contribution in [0.25, 0.3) is 0 Å². The predicted octanol–water partition coefficient (Wildman–Crippen LogP) is 5.19. The molecule has 0 atom stereocenters. The molecule has 3 nitrogen and oxygen atoms in total. The van der Waals surface area contributed by atoms with Gasteiger partial charge in [-0.05, 0) is 61.1 Å². The molecule has 1 N–H and O–H groups in total. The topological polar surface area (TPSA) is 32.3 Å². The van der Waals surface area contributed by atoms with Crippen molar-refractivity contribution in [1.29, 1.82) is 0 Å². The van der Waals surface area contributed by atoms with Crippen LogP contribution < -0.4 is 10.2 Å². The van der Waals surface area contributed by atoms with E-state index in [-0.39, 0.29) is 11.7 Å². The van der Waals surface area contributed by atoms with E-state index >= 15 is 0 Å². The van der Waals surface area contributed by atoms with Crippen molar-refractivity contribution in [3.8, 4) is 0 Å². The predicted molar refractivity (Wildman–Crippen MR) is 101 cm³/mol. The van der Waals surface area contributed by atoms with E-state index in [9.17, 15) is 9.18 Å². The number of carbonyl (C=O) groups excluding carboxylic acids is 1. The highest BCUT2D eigenvalue weighted by Gasteiger charge is 2.15. The minimum absolute atomic E-state index is 0.222. The van der Waals surface area contributed by atoms with Gasteiger partial charge in [0.1, 0.15) is 5.82 Å². The minimum atomic E-state index is -0.283. The highest BCUT2D eigenvalue weighted by atomic mass is 19.1. The number of hydrogen-bond acceptors (Lipinski definition) is 2. The van der Waals surface area contributed by atoms with Crippen molar-refractivity contribution in [3.05, 3.63) is 59.4 Å². The summed E-state index contributed by atoms with van der Waals surface area (Å²) in [5, 5.41) is 2.78. The number of amides is 1. The van der Waals surface area contributed by atoms with Crippen LogP contribution in [-0.2, 0) is 0 Å². The minimum Gasteiger partial charge on any atom is -0.369 e. The summed E-state index contributed by atoms with van der Waals surface area (Å²) in [5.74, 6) is -0.0798. The van der Waals surface area contributed by atoms with Gasteiger partial charge in [-0.1, -0.05) is 26.0 Å². The maximum Gasteiger partial charge on any atom is 0.255 e. The molecule has 1 aliphatic heterocycles.